The number of halogens is 1. The van der Waals surface area contributed by atoms with Crippen LogP contribution in [0.3, 0.4) is 0 Å². The van der Waals surface area contributed by atoms with E-state index in [4.69, 9.17) is 0 Å². The third-order valence-corrected chi connectivity index (χ3v) is 4.08. The van der Waals surface area contributed by atoms with Crippen LogP contribution in [0.15, 0.2) is 64.8 Å². The molecule has 27 heavy (non-hydrogen) atoms. The molecule has 0 fully saturated rings. The predicted molar refractivity (Wildman–Crippen MR) is 103 cm³/mol. The average molecular weight is 430 g/mol. The maximum Gasteiger partial charge on any atom is 0.267 e. The number of carboxylic acids is 1. The molecule has 0 bridgehead atoms. The number of carbonyl (C=O) groups is 3. The quantitative estimate of drug-likeness (QED) is 0.494. The van der Waals surface area contributed by atoms with Crippen molar-refractivity contribution in [2.24, 2.45) is 0 Å². The Morgan fingerprint density at radius 2 is 1.67 bits per heavy atom. The van der Waals surface area contributed by atoms with Crippen LogP contribution in [0.5, 0.6) is 0 Å². The van der Waals surface area contributed by atoms with Crippen LogP contribution in [0.1, 0.15) is 28.8 Å². The summed E-state index contributed by atoms with van der Waals surface area (Å²) in [5, 5.41) is 15.7. The normalized spacial score (nSPS) is 10.9. The van der Waals surface area contributed by atoms with Gasteiger partial charge >= 0.3 is 0 Å². The van der Waals surface area contributed by atoms with Crippen molar-refractivity contribution in [3.63, 3.8) is 0 Å². The van der Waals surface area contributed by atoms with E-state index in [1.54, 1.807) is 48.5 Å². The molecule has 0 saturated carbocycles. The summed E-state index contributed by atoms with van der Waals surface area (Å²) >= 11 is 3.34. The molecular formula is C20H18BrN2O4-. The first kappa shape index (κ1) is 20.4. The van der Waals surface area contributed by atoms with Gasteiger partial charge in [-0.1, -0.05) is 46.3 Å². The van der Waals surface area contributed by atoms with E-state index in [1.165, 1.54) is 0 Å². The molecule has 0 aromatic heterocycles. The molecule has 0 saturated heterocycles. The van der Waals surface area contributed by atoms with Crippen molar-refractivity contribution in [3.8, 4) is 0 Å². The van der Waals surface area contributed by atoms with E-state index in [9.17, 15) is 19.5 Å². The van der Waals surface area contributed by atoms with Crippen molar-refractivity contribution in [2.75, 3.05) is 6.54 Å². The van der Waals surface area contributed by atoms with Gasteiger partial charge in [0.05, 0.1) is 0 Å². The highest BCUT2D eigenvalue weighted by molar-refractivity contribution is 9.10. The van der Waals surface area contributed by atoms with Crippen LogP contribution >= 0.6 is 15.9 Å². The maximum absolute atomic E-state index is 12.5. The van der Waals surface area contributed by atoms with E-state index in [-0.39, 0.29) is 25.1 Å². The van der Waals surface area contributed by atoms with Crippen molar-refractivity contribution in [1.29, 1.82) is 0 Å². The topological polar surface area (TPSA) is 98.3 Å². The summed E-state index contributed by atoms with van der Waals surface area (Å²) in [5.74, 6) is -2.09. The molecule has 2 amide bonds. The standard InChI is InChI=1S/C20H19BrN2O4/c21-16-10-8-14(9-11-16)13-17(20(27)22-12-4-7-18(24)25)23-19(26)15-5-2-1-3-6-15/h1-3,5-6,8-11,13H,4,7,12H2,(H,22,27)(H,23,26)(H,24,25)/p-1/b17-13+. The summed E-state index contributed by atoms with van der Waals surface area (Å²) in [7, 11) is 0. The molecule has 6 nitrogen and oxygen atoms in total. The molecule has 0 atom stereocenters. The van der Waals surface area contributed by atoms with E-state index < -0.39 is 17.8 Å². The van der Waals surface area contributed by atoms with Gasteiger partial charge < -0.3 is 20.5 Å². The van der Waals surface area contributed by atoms with Crippen LogP contribution in [-0.2, 0) is 9.59 Å². The van der Waals surface area contributed by atoms with Gasteiger partial charge in [0.1, 0.15) is 5.70 Å². The largest absolute Gasteiger partial charge is 0.550 e. The molecule has 0 heterocycles. The predicted octanol–water partition coefficient (Wildman–Crippen LogP) is 1.87. The lowest BCUT2D eigenvalue weighted by molar-refractivity contribution is -0.305. The molecule has 7 heteroatoms. The summed E-state index contributed by atoms with van der Waals surface area (Å²) in [5.41, 5.74) is 1.22. The monoisotopic (exact) mass is 429 g/mol. The van der Waals surface area contributed by atoms with Gasteiger partial charge in [-0.3, -0.25) is 9.59 Å². The van der Waals surface area contributed by atoms with Crippen LogP contribution in [0.2, 0.25) is 0 Å². The molecule has 0 aliphatic heterocycles. The van der Waals surface area contributed by atoms with Crippen molar-refractivity contribution in [1.82, 2.24) is 10.6 Å². The van der Waals surface area contributed by atoms with E-state index in [0.29, 0.717) is 5.56 Å². The number of carboxylic acid groups (broad SMARTS) is 1. The minimum atomic E-state index is -1.17. The van der Waals surface area contributed by atoms with Crippen LogP contribution in [0.25, 0.3) is 6.08 Å². The first-order chi connectivity index (χ1) is 13.0. The fraction of sp³-hybridized carbons (Fsp3) is 0.150. The Morgan fingerprint density at radius 3 is 2.30 bits per heavy atom. The van der Waals surface area contributed by atoms with Crippen molar-refractivity contribution in [2.45, 2.75) is 12.8 Å². The van der Waals surface area contributed by atoms with E-state index in [1.807, 2.05) is 12.1 Å². The van der Waals surface area contributed by atoms with Crippen LogP contribution in [-0.4, -0.2) is 24.3 Å². The van der Waals surface area contributed by atoms with Gasteiger partial charge in [-0.05, 0) is 48.7 Å². The fourth-order valence-corrected chi connectivity index (χ4v) is 2.46. The Morgan fingerprint density at radius 1 is 1.00 bits per heavy atom. The van der Waals surface area contributed by atoms with Gasteiger partial charge in [0.25, 0.3) is 11.8 Å². The molecule has 2 rings (SSSR count). The van der Waals surface area contributed by atoms with E-state index in [0.717, 1.165) is 10.0 Å². The number of hydrogen-bond donors (Lipinski definition) is 2. The first-order valence-corrected chi connectivity index (χ1v) is 9.06. The summed E-state index contributed by atoms with van der Waals surface area (Å²) in [6, 6.07) is 15.8. The Hall–Kier alpha value is -2.93. The molecule has 2 aromatic carbocycles. The van der Waals surface area contributed by atoms with Gasteiger partial charge in [-0.15, -0.1) is 0 Å². The highest BCUT2D eigenvalue weighted by atomic mass is 79.9. The number of rotatable bonds is 8. The van der Waals surface area contributed by atoms with Gasteiger partial charge in [-0.25, -0.2) is 0 Å². The van der Waals surface area contributed by atoms with E-state index >= 15 is 0 Å². The second-order valence-electron chi connectivity index (χ2n) is 5.66. The lowest BCUT2D eigenvalue weighted by atomic mass is 10.1. The number of aliphatic carboxylic acids is 1. The number of amides is 2. The lowest BCUT2D eigenvalue weighted by Gasteiger charge is -2.11. The zero-order chi connectivity index (χ0) is 19.6. The van der Waals surface area contributed by atoms with Gasteiger partial charge in [0.15, 0.2) is 0 Å². The van der Waals surface area contributed by atoms with Crippen LogP contribution in [0, 0.1) is 0 Å². The second-order valence-corrected chi connectivity index (χ2v) is 6.58. The minimum absolute atomic E-state index is 0.0691. The molecule has 0 aliphatic rings. The molecule has 2 aromatic rings. The molecular weight excluding hydrogens is 412 g/mol. The number of hydrogen-bond acceptors (Lipinski definition) is 4. The summed E-state index contributed by atoms with van der Waals surface area (Å²) in [4.78, 5) is 35.3. The number of benzene rings is 2. The zero-order valence-electron chi connectivity index (χ0n) is 14.4. The zero-order valence-corrected chi connectivity index (χ0v) is 16.0. The minimum Gasteiger partial charge on any atom is -0.550 e. The first-order valence-electron chi connectivity index (χ1n) is 8.27. The van der Waals surface area contributed by atoms with Crippen molar-refractivity contribution in [3.05, 3.63) is 75.9 Å². The lowest BCUT2D eigenvalue weighted by Crippen LogP contribution is -2.35. The van der Waals surface area contributed by atoms with Crippen LogP contribution < -0.4 is 15.7 Å². The molecule has 2 N–H and O–H groups in total. The fourth-order valence-electron chi connectivity index (χ4n) is 2.20. The van der Waals surface area contributed by atoms with Gasteiger partial charge in [0, 0.05) is 22.6 Å². The van der Waals surface area contributed by atoms with Gasteiger partial charge in [0.2, 0.25) is 0 Å². The third kappa shape index (κ3) is 7.07. The Balaban J connectivity index is 2.14. The summed E-state index contributed by atoms with van der Waals surface area (Å²) in [6.07, 6.45) is 1.65. The number of carbonyl (C=O) groups excluding carboxylic acids is 3. The average Bonchev–Trinajstić information content (AvgIpc) is 2.66. The molecule has 0 aliphatic carbocycles. The molecule has 0 spiro atoms. The SMILES string of the molecule is O=C([O-])CCCNC(=O)/C(=C\c1ccc(Br)cc1)NC(=O)c1ccccc1. The van der Waals surface area contributed by atoms with E-state index in [2.05, 4.69) is 26.6 Å². The summed E-state index contributed by atoms with van der Waals surface area (Å²) < 4.78 is 0.890. The number of nitrogens with one attached hydrogen (secondary N) is 2. The Labute approximate surface area is 165 Å². The Kier molecular flexibility index (Phi) is 7.76. The van der Waals surface area contributed by atoms with Crippen molar-refractivity contribution >= 4 is 39.8 Å². The highest BCUT2D eigenvalue weighted by Gasteiger charge is 2.14. The van der Waals surface area contributed by atoms with Crippen LogP contribution in [0.4, 0.5) is 0 Å². The maximum atomic E-state index is 12.5. The molecule has 0 unspecified atom stereocenters. The third-order valence-electron chi connectivity index (χ3n) is 3.55. The smallest absolute Gasteiger partial charge is 0.267 e. The molecule has 0 radical (unpaired) electrons. The highest BCUT2D eigenvalue weighted by Crippen LogP contribution is 2.13. The van der Waals surface area contributed by atoms with Crippen molar-refractivity contribution < 1.29 is 19.5 Å². The van der Waals surface area contributed by atoms with Gasteiger partial charge in [-0.2, -0.15) is 0 Å². The Bertz CT molecular complexity index is 833. The molecule has 140 valence electrons. The second kappa shape index (κ2) is 10.3. The summed E-state index contributed by atoms with van der Waals surface area (Å²) in [6.45, 7) is 0.158.